The lowest BCUT2D eigenvalue weighted by Crippen LogP contribution is -2.29. The average molecular weight is 225 g/mol. The molecule has 1 aliphatic rings. The predicted octanol–water partition coefficient (Wildman–Crippen LogP) is 0.521. The number of thioether (sulfide) groups is 1. The minimum atomic E-state index is -0.363. The van der Waals surface area contributed by atoms with Crippen LogP contribution < -0.4 is 10.9 Å². The van der Waals surface area contributed by atoms with Gasteiger partial charge in [-0.2, -0.15) is 0 Å². The van der Waals surface area contributed by atoms with Crippen molar-refractivity contribution < 1.29 is 4.79 Å². The number of ketones is 1. The van der Waals surface area contributed by atoms with Crippen LogP contribution in [-0.2, 0) is 4.79 Å². The van der Waals surface area contributed by atoms with Gasteiger partial charge in [0.05, 0.1) is 6.20 Å². The monoisotopic (exact) mass is 225 g/mol. The van der Waals surface area contributed by atoms with Crippen LogP contribution in [0, 0.1) is 0 Å². The van der Waals surface area contributed by atoms with Crippen molar-refractivity contribution in [1.29, 1.82) is 0 Å². The highest BCUT2D eigenvalue weighted by Crippen LogP contribution is 2.30. The maximum atomic E-state index is 11.9. The minimum absolute atomic E-state index is 0.00148. The zero-order chi connectivity index (χ0) is 11.0. The fraction of sp³-hybridized carbons (Fsp3) is 0.444. The summed E-state index contributed by atoms with van der Waals surface area (Å²) in [5.74, 6) is 0.600. The van der Waals surface area contributed by atoms with Gasteiger partial charge in [-0.3, -0.25) is 14.2 Å². The number of fused-ring (bicyclic) bond motifs is 1. The third-order valence-electron chi connectivity index (χ3n) is 2.38. The molecule has 0 saturated carbocycles. The lowest BCUT2D eigenvalue weighted by molar-refractivity contribution is -0.119. The van der Waals surface area contributed by atoms with E-state index in [0.29, 0.717) is 16.6 Å². The van der Waals surface area contributed by atoms with E-state index in [1.807, 2.05) is 0 Å². The second-order valence-corrected chi connectivity index (χ2v) is 4.30. The molecule has 1 aromatic heterocycles. The van der Waals surface area contributed by atoms with Crippen molar-refractivity contribution >= 4 is 23.2 Å². The molecule has 0 aromatic carbocycles. The first-order chi connectivity index (χ1) is 7.15. The summed E-state index contributed by atoms with van der Waals surface area (Å²) in [5.41, 5.74) is 0.250. The summed E-state index contributed by atoms with van der Waals surface area (Å²) in [6.45, 7) is 1.50. The smallest absolute Gasteiger partial charge is 0.278 e. The summed E-state index contributed by atoms with van der Waals surface area (Å²) in [5, 5.41) is 3.39. The number of hydrogen-bond acceptors (Lipinski definition) is 5. The van der Waals surface area contributed by atoms with E-state index in [-0.39, 0.29) is 17.4 Å². The summed E-state index contributed by atoms with van der Waals surface area (Å²) >= 11 is 1.44. The van der Waals surface area contributed by atoms with Crippen molar-refractivity contribution in [1.82, 2.24) is 9.55 Å². The molecule has 15 heavy (non-hydrogen) atoms. The highest BCUT2D eigenvalue weighted by Gasteiger charge is 2.29. The molecule has 0 fully saturated rings. The lowest BCUT2D eigenvalue weighted by atomic mass is 10.2. The number of nitrogens with zero attached hydrogens (tertiary/aromatic N) is 2. The molecule has 1 aromatic rings. The van der Waals surface area contributed by atoms with E-state index in [1.54, 1.807) is 7.05 Å². The number of Topliss-reactive ketones (excluding diaryl/α,β-unsaturated/α-hetero) is 1. The molecule has 0 spiro atoms. The molecule has 0 bridgehead atoms. The molecular weight excluding hydrogens is 214 g/mol. The van der Waals surface area contributed by atoms with Crippen LogP contribution in [-0.4, -0.2) is 28.1 Å². The fourth-order valence-corrected chi connectivity index (χ4v) is 2.70. The summed E-state index contributed by atoms with van der Waals surface area (Å²) in [6.07, 6.45) is 1.50. The van der Waals surface area contributed by atoms with E-state index in [2.05, 4.69) is 10.3 Å². The Kier molecular flexibility index (Phi) is 2.52. The van der Waals surface area contributed by atoms with E-state index in [9.17, 15) is 9.59 Å². The van der Waals surface area contributed by atoms with Crippen LogP contribution in [0.25, 0.3) is 0 Å². The molecule has 1 unspecified atom stereocenters. The summed E-state index contributed by atoms with van der Waals surface area (Å²) in [7, 11) is 1.66. The maximum Gasteiger partial charge on any atom is 0.278 e. The standard InChI is InChI=1S/C9H11N3O2S/c1-5(13)7-4-15-9-11-3-6(10-2)8(14)12(7)9/h3,7,10H,4H2,1-2H3. The molecule has 0 aliphatic carbocycles. The Labute approximate surface area is 90.9 Å². The molecule has 1 aliphatic heterocycles. The Bertz CT molecular complexity index is 469. The minimum Gasteiger partial charge on any atom is -0.382 e. The van der Waals surface area contributed by atoms with E-state index in [1.165, 1.54) is 29.4 Å². The maximum absolute atomic E-state index is 11.9. The third kappa shape index (κ3) is 1.54. The van der Waals surface area contributed by atoms with Gasteiger partial charge in [0.15, 0.2) is 10.9 Å². The van der Waals surface area contributed by atoms with Crippen LogP contribution in [0.1, 0.15) is 13.0 Å². The zero-order valence-corrected chi connectivity index (χ0v) is 9.30. The number of carbonyl (C=O) groups excluding carboxylic acids is 1. The first kappa shape index (κ1) is 10.2. The van der Waals surface area contributed by atoms with Crippen molar-refractivity contribution in [2.45, 2.75) is 18.1 Å². The number of aromatic nitrogens is 2. The molecule has 5 nitrogen and oxygen atoms in total. The Balaban J connectivity index is 2.60. The molecular formula is C9H11N3O2S. The van der Waals surface area contributed by atoms with E-state index >= 15 is 0 Å². The molecule has 2 rings (SSSR count). The molecule has 2 heterocycles. The van der Waals surface area contributed by atoms with Gasteiger partial charge in [-0.1, -0.05) is 11.8 Å². The van der Waals surface area contributed by atoms with Crippen LogP contribution in [0.2, 0.25) is 0 Å². The van der Waals surface area contributed by atoms with Crippen molar-refractivity contribution in [2.24, 2.45) is 0 Å². The first-order valence-corrected chi connectivity index (χ1v) is 5.56. The van der Waals surface area contributed by atoms with Gasteiger partial charge in [-0.05, 0) is 6.92 Å². The van der Waals surface area contributed by atoms with Gasteiger partial charge in [0, 0.05) is 12.8 Å². The second kappa shape index (κ2) is 3.69. The van der Waals surface area contributed by atoms with Gasteiger partial charge in [0.25, 0.3) is 5.56 Å². The summed E-state index contributed by atoms with van der Waals surface area (Å²) < 4.78 is 1.47. The second-order valence-electron chi connectivity index (χ2n) is 3.32. The van der Waals surface area contributed by atoms with Crippen molar-refractivity contribution in [2.75, 3.05) is 18.1 Å². The molecule has 0 amide bonds. The Morgan fingerprint density at radius 1 is 1.73 bits per heavy atom. The predicted molar refractivity (Wildman–Crippen MR) is 58.5 cm³/mol. The average Bonchev–Trinajstić information content (AvgIpc) is 2.63. The number of carbonyl (C=O) groups is 1. The quantitative estimate of drug-likeness (QED) is 0.743. The fourth-order valence-electron chi connectivity index (χ4n) is 1.53. The summed E-state index contributed by atoms with van der Waals surface area (Å²) in [6, 6.07) is -0.363. The third-order valence-corrected chi connectivity index (χ3v) is 3.42. The first-order valence-electron chi connectivity index (χ1n) is 4.57. The van der Waals surface area contributed by atoms with Crippen LogP contribution in [0.3, 0.4) is 0 Å². The van der Waals surface area contributed by atoms with E-state index in [0.717, 1.165) is 0 Å². The van der Waals surface area contributed by atoms with Crippen LogP contribution in [0.15, 0.2) is 16.1 Å². The van der Waals surface area contributed by atoms with Crippen LogP contribution in [0.4, 0.5) is 5.69 Å². The number of hydrogen-bond donors (Lipinski definition) is 1. The molecule has 0 radical (unpaired) electrons. The Hall–Kier alpha value is -1.30. The van der Waals surface area contributed by atoms with E-state index in [4.69, 9.17) is 0 Å². The van der Waals surface area contributed by atoms with Crippen LogP contribution in [0.5, 0.6) is 0 Å². The SMILES string of the molecule is CNc1cnc2n(c1=O)C(C(C)=O)CS2. The van der Waals surface area contributed by atoms with Crippen LogP contribution >= 0.6 is 11.8 Å². The van der Waals surface area contributed by atoms with Crippen molar-refractivity contribution in [3.8, 4) is 0 Å². The zero-order valence-electron chi connectivity index (χ0n) is 8.48. The van der Waals surface area contributed by atoms with Gasteiger partial charge >= 0.3 is 0 Å². The highest BCUT2D eigenvalue weighted by molar-refractivity contribution is 7.99. The largest absolute Gasteiger partial charge is 0.382 e. The van der Waals surface area contributed by atoms with Gasteiger partial charge in [0.2, 0.25) is 0 Å². The molecule has 80 valence electrons. The van der Waals surface area contributed by atoms with E-state index < -0.39 is 0 Å². The highest BCUT2D eigenvalue weighted by atomic mass is 32.2. The molecule has 6 heteroatoms. The topological polar surface area (TPSA) is 64.0 Å². The normalized spacial score (nSPS) is 18.7. The summed E-state index contributed by atoms with van der Waals surface area (Å²) in [4.78, 5) is 27.4. The molecule has 1 atom stereocenters. The van der Waals surface area contributed by atoms with Gasteiger partial charge in [-0.15, -0.1) is 0 Å². The Morgan fingerprint density at radius 3 is 3.07 bits per heavy atom. The number of rotatable bonds is 2. The van der Waals surface area contributed by atoms with Gasteiger partial charge in [-0.25, -0.2) is 4.98 Å². The number of anilines is 1. The lowest BCUT2D eigenvalue weighted by Gasteiger charge is -2.10. The number of nitrogens with one attached hydrogen (secondary N) is 1. The van der Waals surface area contributed by atoms with Crippen molar-refractivity contribution in [3.63, 3.8) is 0 Å². The molecule has 0 saturated heterocycles. The van der Waals surface area contributed by atoms with Crippen molar-refractivity contribution in [3.05, 3.63) is 16.6 Å². The van der Waals surface area contributed by atoms with Gasteiger partial charge < -0.3 is 5.32 Å². The van der Waals surface area contributed by atoms with Gasteiger partial charge in [0.1, 0.15) is 11.7 Å². The molecule has 1 N–H and O–H groups in total. The Morgan fingerprint density at radius 2 is 2.47 bits per heavy atom.